The second kappa shape index (κ2) is 9.15. The van der Waals surface area contributed by atoms with E-state index in [1.807, 2.05) is 25.1 Å². The summed E-state index contributed by atoms with van der Waals surface area (Å²) in [7, 11) is 0. The van der Waals surface area contributed by atoms with Crippen LogP contribution < -0.4 is 10.6 Å². The van der Waals surface area contributed by atoms with Crippen LogP contribution in [0.15, 0.2) is 41.8 Å². The average Bonchev–Trinajstić information content (AvgIpc) is 3.14. The number of anilines is 1. The largest absolute Gasteiger partial charge is 0.454 e. The van der Waals surface area contributed by atoms with Gasteiger partial charge in [0.15, 0.2) is 6.61 Å². The number of amides is 2. The van der Waals surface area contributed by atoms with Crippen molar-refractivity contribution < 1.29 is 19.1 Å². The zero-order chi connectivity index (χ0) is 19.1. The summed E-state index contributed by atoms with van der Waals surface area (Å²) in [5.41, 5.74) is 1.58. The first-order valence-electron chi connectivity index (χ1n) is 8.25. The maximum absolute atomic E-state index is 12.3. The molecular weight excluding hydrogens is 352 g/mol. The second-order valence-corrected chi connectivity index (χ2v) is 7.09. The number of rotatable bonds is 7. The van der Waals surface area contributed by atoms with Gasteiger partial charge in [0.1, 0.15) is 6.04 Å². The lowest BCUT2D eigenvalue weighted by molar-refractivity contribution is -0.150. The zero-order valence-corrected chi connectivity index (χ0v) is 15.8. The third-order valence-corrected chi connectivity index (χ3v) is 4.59. The molecule has 6 nitrogen and oxygen atoms in total. The smallest absolute Gasteiger partial charge is 0.329 e. The number of benzene rings is 1. The summed E-state index contributed by atoms with van der Waals surface area (Å²) in [5, 5.41) is 7.15. The van der Waals surface area contributed by atoms with Crippen molar-refractivity contribution in [2.45, 2.75) is 26.8 Å². The van der Waals surface area contributed by atoms with Crippen LogP contribution >= 0.6 is 11.3 Å². The van der Waals surface area contributed by atoms with Crippen LogP contribution in [-0.2, 0) is 14.3 Å². The zero-order valence-electron chi connectivity index (χ0n) is 14.9. The normalized spacial score (nSPS) is 11.7. The van der Waals surface area contributed by atoms with E-state index in [2.05, 4.69) is 10.6 Å². The molecule has 1 heterocycles. The Labute approximate surface area is 156 Å². The summed E-state index contributed by atoms with van der Waals surface area (Å²) in [6.45, 7) is 5.06. The number of thiophene rings is 1. The van der Waals surface area contributed by atoms with Gasteiger partial charge in [-0.25, -0.2) is 4.79 Å². The van der Waals surface area contributed by atoms with E-state index in [4.69, 9.17) is 4.74 Å². The van der Waals surface area contributed by atoms with Gasteiger partial charge in [0.05, 0.1) is 4.88 Å². The van der Waals surface area contributed by atoms with Gasteiger partial charge < -0.3 is 15.4 Å². The van der Waals surface area contributed by atoms with Gasteiger partial charge in [-0.2, -0.15) is 0 Å². The van der Waals surface area contributed by atoms with Gasteiger partial charge in [-0.3, -0.25) is 9.59 Å². The highest BCUT2D eigenvalue weighted by Gasteiger charge is 2.27. The summed E-state index contributed by atoms with van der Waals surface area (Å²) in [6.07, 6.45) is 0. The van der Waals surface area contributed by atoms with Crippen LogP contribution in [0.4, 0.5) is 5.69 Å². The van der Waals surface area contributed by atoms with Gasteiger partial charge in [0.25, 0.3) is 11.8 Å². The molecule has 2 aromatic rings. The molecule has 0 aliphatic heterocycles. The number of para-hydroxylation sites is 1. The highest BCUT2D eigenvalue weighted by atomic mass is 32.1. The van der Waals surface area contributed by atoms with E-state index in [-0.39, 0.29) is 11.8 Å². The number of hydrogen-bond donors (Lipinski definition) is 2. The van der Waals surface area contributed by atoms with Crippen molar-refractivity contribution >= 4 is 34.8 Å². The second-order valence-electron chi connectivity index (χ2n) is 6.14. The van der Waals surface area contributed by atoms with Crippen molar-refractivity contribution in [3.05, 3.63) is 52.2 Å². The van der Waals surface area contributed by atoms with E-state index in [9.17, 15) is 14.4 Å². The van der Waals surface area contributed by atoms with Gasteiger partial charge in [0.2, 0.25) is 0 Å². The van der Waals surface area contributed by atoms with Crippen LogP contribution in [0.5, 0.6) is 0 Å². The topological polar surface area (TPSA) is 84.5 Å². The lowest BCUT2D eigenvalue weighted by Crippen LogP contribution is -2.45. The SMILES string of the molecule is Cc1ccccc1NC(=O)COC(=O)C(NC(=O)c1cccs1)C(C)C. The van der Waals surface area contributed by atoms with Crippen molar-refractivity contribution in [1.82, 2.24) is 5.32 Å². The van der Waals surface area contributed by atoms with Gasteiger partial charge in [-0.1, -0.05) is 38.1 Å². The van der Waals surface area contributed by atoms with Crippen LogP contribution in [0.3, 0.4) is 0 Å². The van der Waals surface area contributed by atoms with Crippen molar-refractivity contribution in [1.29, 1.82) is 0 Å². The molecule has 0 aliphatic carbocycles. The quantitative estimate of drug-likeness (QED) is 0.730. The Morgan fingerprint density at radius 3 is 2.46 bits per heavy atom. The van der Waals surface area contributed by atoms with Gasteiger partial charge in [-0.15, -0.1) is 11.3 Å². The molecule has 0 saturated heterocycles. The van der Waals surface area contributed by atoms with E-state index in [0.717, 1.165) is 5.56 Å². The lowest BCUT2D eigenvalue weighted by atomic mass is 10.0. The molecule has 2 N–H and O–H groups in total. The summed E-state index contributed by atoms with van der Waals surface area (Å²) < 4.78 is 5.10. The Morgan fingerprint density at radius 1 is 1.12 bits per heavy atom. The van der Waals surface area contributed by atoms with Crippen LogP contribution in [0.25, 0.3) is 0 Å². The minimum Gasteiger partial charge on any atom is -0.454 e. The Hall–Kier alpha value is -2.67. The van der Waals surface area contributed by atoms with Crippen LogP contribution in [-0.4, -0.2) is 30.4 Å². The lowest BCUT2D eigenvalue weighted by Gasteiger charge is -2.20. The summed E-state index contributed by atoms with van der Waals surface area (Å²) in [4.78, 5) is 37.0. The number of hydrogen-bond acceptors (Lipinski definition) is 5. The molecule has 0 spiro atoms. The summed E-state index contributed by atoms with van der Waals surface area (Å²) >= 11 is 1.29. The molecule has 2 amide bonds. The maximum Gasteiger partial charge on any atom is 0.329 e. The molecule has 0 saturated carbocycles. The van der Waals surface area contributed by atoms with Crippen molar-refractivity contribution in [3.63, 3.8) is 0 Å². The van der Waals surface area contributed by atoms with E-state index >= 15 is 0 Å². The number of carbonyl (C=O) groups is 3. The number of carbonyl (C=O) groups excluding carboxylic acids is 3. The van der Waals surface area contributed by atoms with Crippen molar-refractivity contribution in [3.8, 4) is 0 Å². The number of esters is 1. The van der Waals surface area contributed by atoms with Crippen molar-refractivity contribution in [2.75, 3.05) is 11.9 Å². The average molecular weight is 374 g/mol. The first-order valence-corrected chi connectivity index (χ1v) is 9.13. The van der Waals surface area contributed by atoms with Crippen molar-refractivity contribution in [2.24, 2.45) is 5.92 Å². The van der Waals surface area contributed by atoms with Gasteiger partial charge in [0, 0.05) is 5.69 Å². The fraction of sp³-hybridized carbons (Fsp3) is 0.316. The van der Waals surface area contributed by atoms with E-state index in [0.29, 0.717) is 10.6 Å². The fourth-order valence-corrected chi connectivity index (χ4v) is 2.87. The molecule has 0 fully saturated rings. The molecule has 0 radical (unpaired) electrons. The fourth-order valence-electron chi connectivity index (χ4n) is 2.24. The molecule has 7 heteroatoms. The molecule has 1 aromatic carbocycles. The molecule has 2 rings (SSSR count). The third-order valence-electron chi connectivity index (χ3n) is 3.72. The minimum absolute atomic E-state index is 0.175. The van der Waals surface area contributed by atoms with Gasteiger partial charge >= 0.3 is 5.97 Å². The monoisotopic (exact) mass is 374 g/mol. The summed E-state index contributed by atoms with van der Waals surface area (Å²) in [6, 6.07) is 9.94. The molecular formula is C19H22N2O4S. The predicted octanol–water partition coefficient (Wildman–Crippen LogP) is 2.99. The highest BCUT2D eigenvalue weighted by molar-refractivity contribution is 7.12. The Kier molecular flexibility index (Phi) is 6.91. The van der Waals surface area contributed by atoms with Gasteiger partial charge in [-0.05, 0) is 35.9 Å². The number of ether oxygens (including phenoxy) is 1. The molecule has 1 unspecified atom stereocenters. The Morgan fingerprint density at radius 2 is 1.85 bits per heavy atom. The molecule has 0 bridgehead atoms. The first-order chi connectivity index (χ1) is 12.4. The van der Waals surface area contributed by atoms with Crippen LogP contribution in [0, 0.1) is 12.8 Å². The Balaban J connectivity index is 1.90. The molecule has 26 heavy (non-hydrogen) atoms. The van der Waals surface area contributed by atoms with E-state index in [1.54, 1.807) is 37.4 Å². The maximum atomic E-state index is 12.3. The number of nitrogens with one attached hydrogen (secondary N) is 2. The van der Waals surface area contributed by atoms with Crippen LogP contribution in [0.1, 0.15) is 29.1 Å². The van der Waals surface area contributed by atoms with E-state index < -0.39 is 24.5 Å². The molecule has 138 valence electrons. The molecule has 1 aromatic heterocycles. The number of aryl methyl sites for hydroxylation is 1. The van der Waals surface area contributed by atoms with Crippen LogP contribution in [0.2, 0.25) is 0 Å². The predicted molar refractivity (Wildman–Crippen MR) is 101 cm³/mol. The molecule has 0 aliphatic rings. The summed E-state index contributed by atoms with van der Waals surface area (Å²) in [5.74, 6) is -1.57. The highest BCUT2D eigenvalue weighted by Crippen LogP contribution is 2.13. The Bertz CT molecular complexity index is 772. The first kappa shape index (κ1) is 19.7. The third kappa shape index (κ3) is 5.42. The standard InChI is InChI=1S/C19H22N2O4S/c1-12(2)17(21-18(23)15-9-6-10-26-15)19(24)25-11-16(22)20-14-8-5-4-7-13(14)3/h4-10,12,17H,11H2,1-3H3,(H,20,22)(H,21,23). The molecule has 1 atom stereocenters. The van der Waals surface area contributed by atoms with E-state index in [1.165, 1.54) is 11.3 Å². The minimum atomic E-state index is -0.823.